The van der Waals surface area contributed by atoms with E-state index in [9.17, 15) is 5.11 Å². The average Bonchev–Trinajstić information content (AvgIpc) is 2.36. The average molecular weight is 133 g/mol. The van der Waals surface area contributed by atoms with Gasteiger partial charge in [-0.1, -0.05) is 6.07 Å². The molecular formula is C8H5O2. The van der Waals surface area contributed by atoms with E-state index in [1.165, 1.54) is 12.3 Å². The van der Waals surface area contributed by atoms with Crippen LogP contribution < -0.4 is 0 Å². The molecule has 0 unspecified atom stereocenters. The fourth-order valence-electron chi connectivity index (χ4n) is 0.966. The molecule has 1 aromatic heterocycles. The van der Waals surface area contributed by atoms with Crippen molar-refractivity contribution in [2.45, 2.75) is 0 Å². The van der Waals surface area contributed by atoms with E-state index < -0.39 is 0 Å². The highest BCUT2D eigenvalue weighted by atomic mass is 16.3. The second-order valence-electron chi connectivity index (χ2n) is 2.09. The van der Waals surface area contributed by atoms with Gasteiger partial charge in [0.1, 0.15) is 5.58 Å². The largest absolute Gasteiger partial charge is 0.464 e. The van der Waals surface area contributed by atoms with Crippen molar-refractivity contribution in [3.63, 3.8) is 0 Å². The van der Waals surface area contributed by atoms with Crippen LogP contribution in [0, 0.1) is 0 Å². The molecule has 0 aliphatic heterocycles. The molecule has 0 aliphatic rings. The van der Waals surface area contributed by atoms with Crippen LogP contribution in [-0.2, 0) is 5.11 Å². The Kier molecular flexibility index (Phi) is 0.947. The predicted octanol–water partition coefficient (Wildman–Crippen LogP) is 2.58. The molecule has 0 amide bonds. The van der Waals surface area contributed by atoms with Crippen LogP contribution in [-0.4, -0.2) is 0 Å². The third-order valence-electron chi connectivity index (χ3n) is 1.46. The lowest BCUT2D eigenvalue weighted by molar-refractivity contribution is 0.360. The minimum atomic E-state index is 0.0197. The first-order valence-corrected chi connectivity index (χ1v) is 3.01. The van der Waals surface area contributed by atoms with Gasteiger partial charge in [0.2, 0.25) is 0 Å². The molecule has 2 aromatic rings. The first-order valence-electron chi connectivity index (χ1n) is 3.01. The van der Waals surface area contributed by atoms with E-state index in [-0.39, 0.29) is 5.75 Å². The Bertz CT molecular complexity index is 349. The summed E-state index contributed by atoms with van der Waals surface area (Å²) in [4.78, 5) is 0. The number of fused-ring (bicyclic) bond motifs is 1. The lowest BCUT2D eigenvalue weighted by atomic mass is 10.2. The van der Waals surface area contributed by atoms with E-state index in [0.29, 0.717) is 11.0 Å². The molecule has 0 saturated heterocycles. The molecule has 0 N–H and O–H groups in total. The molecule has 1 heterocycles. The van der Waals surface area contributed by atoms with Gasteiger partial charge in [0.15, 0.2) is 5.75 Å². The molecule has 0 bridgehead atoms. The molecule has 2 rings (SSSR count). The van der Waals surface area contributed by atoms with Gasteiger partial charge in [0.05, 0.1) is 11.6 Å². The van der Waals surface area contributed by atoms with Gasteiger partial charge in [-0.15, -0.1) is 0 Å². The molecule has 0 atom stereocenters. The molecule has 49 valence electrons. The van der Waals surface area contributed by atoms with Crippen molar-refractivity contribution in [3.05, 3.63) is 30.5 Å². The zero-order chi connectivity index (χ0) is 6.97. The van der Waals surface area contributed by atoms with Gasteiger partial charge in [-0.25, -0.2) is 0 Å². The number of hydrogen-bond donors (Lipinski definition) is 0. The lowest BCUT2D eigenvalue weighted by Gasteiger charge is -1.86. The van der Waals surface area contributed by atoms with E-state index in [1.807, 2.05) is 0 Å². The van der Waals surface area contributed by atoms with Crippen molar-refractivity contribution < 1.29 is 9.52 Å². The summed E-state index contributed by atoms with van der Waals surface area (Å²) in [6, 6.07) is 6.67. The quantitative estimate of drug-likeness (QED) is 0.543. The summed E-state index contributed by atoms with van der Waals surface area (Å²) in [5.74, 6) is 0.0197. The van der Waals surface area contributed by atoms with E-state index in [4.69, 9.17) is 4.42 Å². The minimum Gasteiger partial charge on any atom is -0.464 e. The number of benzene rings is 1. The minimum absolute atomic E-state index is 0.0197. The predicted molar refractivity (Wildman–Crippen MR) is 36.3 cm³/mol. The standard InChI is InChI=1S/C8H5O2/c9-7-2-1-3-8-6(7)4-5-10-8/h1-5H. The van der Waals surface area contributed by atoms with Gasteiger partial charge in [0, 0.05) is 0 Å². The summed E-state index contributed by atoms with van der Waals surface area (Å²) in [6.45, 7) is 0. The maximum absolute atomic E-state index is 11.0. The zero-order valence-electron chi connectivity index (χ0n) is 5.20. The highest BCUT2D eigenvalue weighted by Crippen LogP contribution is 2.24. The lowest BCUT2D eigenvalue weighted by Crippen LogP contribution is -1.62. The van der Waals surface area contributed by atoms with Crippen LogP contribution in [0.5, 0.6) is 5.75 Å². The van der Waals surface area contributed by atoms with Crippen molar-refractivity contribution in [2.75, 3.05) is 0 Å². The third kappa shape index (κ3) is 0.589. The van der Waals surface area contributed by atoms with Gasteiger partial charge in [-0.05, 0) is 18.2 Å². The third-order valence-corrected chi connectivity index (χ3v) is 1.46. The Labute approximate surface area is 57.7 Å². The molecule has 10 heavy (non-hydrogen) atoms. The molecule has 2 heteroatoms. The van der Waals surface area contributed by atoms with Gasteiger partial charge in [-0.3, -0.25) is 5.11 Å². The summed E-state index contributed by atoms with van der Waals surface area (Å²) in [5.41, 5.74) is 0.660. The molecule has 0 fully saturated rings. The maximum atomic E-state index is 11.0. The van der Waals surface area contributed by atoms with Crippen molar-refractivity contribution in [3.8, 4) is 5.75 Å². The van der Waals surface area contributed by atoms with Crippen LogP contribution in [0.25, 0.3) is 11.0 Å². The Morgan fingerprint density at radius 2 is 2.10 bits per heavy atom. The fourth-order valence-corrected chi connectivity index (χ4v) is 0.966. The normalized spacial score (nSPS) is 10.4. The molecule has 0 aliphatic carbocycles. The smallest absolute Gasteiger partial charge is 0.189 e. The Morgan fingerprint density at radius 1 is 1.20 bits per heavy atom. The Balaban J connectivity index is 2.95. The second kappa shape index (κ2) is 1.77. The van der Waals surface area contributed by atoms with E-state index in [0.717, 1.165) is 0 Å². The van der Waals surface area contributed by atoms with Crippen molar-refractivity contribution in [1.82, 2.24) is 0 Å². The van der Waals surface area contributed by atoms with Crippen molar-refractivity contribution in [2.24, 2.45) is 0 Å². The van der Waals surface area contributed by atoms with Gasteiger partial charge in [-0.2, -0.15) is 0 Å². The van der Waals surface area contributed by atoms with E-state index in [1.54, 1.807) is 18.2 Å². The summed E-state index contributed by atoms with van der Waals surface area (Å²) in [5, 5.41) is 11.6. The first-order chi connectivity index (χ1) is 4.88. The van der Waals surface area contributed by atoms with Crippen molar-refractivity contribution in [1.29, 1.82) is 0 Å². The Hall–Kier alpha value is -1.44. The summed E-state index contributed by atoms with van der Waals surface area (Å²) in [7, 11) is 0. The van der Waals surface area contributed by atoms with Gasteiger partial charge in [0.25, 0.3) is 0 Å². The monoisotopic (exact) mass is 133 g/mol. The highest BCUT2D eigenvalue weighted by Gasteiger charge is 2.00. The van der Waals surface area contributed by atoms with Crippen LogP contribution in [0.3, 0.4) is 0 Å². The van der Waals surface area contributed by atoms with Gasteiger partial charge >= 0.3 is 0 Å². The molecule has 2 nitrogen and oxygen atoms in total. The SMILES string of the molecule is [O]c1cccc2occc12. The number of furan rings is 1. The summed E-state index contributed by atoms with van der Waals surface area (Å²) in [6.07, 6.45) is 1.52. The first kappa shape index (κ1) is 5.35. The number of hydrogen-bond acceptors (Lipinski definition) is 1. The molecule has 0 spiro atoms. The second-order valence-corrected chi connectivity index (χ2v) is 2.09. The Morgan fingerprint density at radius 3 is 2.90 bits per heavy atom. The van der Waals surface area contributed by atoms with Crippen LogP contribution in [0.2, 0.25) is 0 Å². The molecular weight excluding hydrogens is 128 g/mol. The van der Waals surface area contributed by atoms with Crippen molar-refractivity contribution >= 4 is 11.0 Å². The highest BCUT2D eigenvalue weighted by molar-refractivity contribution is 5.83. The topological polar surface area (TPSA) is 33.0 Å². The van der Waals surface area contributed by atoms with Crippen LogP contribution in [0.15, 0.2) is 34.9 Å². The van der Waals surface area contributed by atoms with Gasteiger partial charge < -0.3 is 4.42 Å². The summed E-state index contributed by atoms with van der Waals surface area (Å²) < 4.78 is 5.00. The zero-order valence-corrected chi connectivity index (χ0v) is 5.20. The molecule has 1 radical (unpaired) electrons. The van der Waals surface area contributed by atoms with E-state index >= 15 is 0 Å². The molecule has 1 aromatic carbocycles. The maximum Gasteiger partial charge on any atom is 0.189 e. The van der Waals surface area contributed by atoms with E-state index in [2.05, 4.69) is 0 Å². The van der Waals surface area contributed by atoms with Crippen LogP contribution in [0.1, 0.15) is 0 Å². The summed E-state index contributed by atoms with van der Waals surface area (Å²) >= 11 is 0. The fraction of sp³-hybridized carbons (Fsp3) is 0. The number of rotatable bonds is 0. The van der Waals surface area contributed by atoms with Crippen LogP contribution in [0.4, 0.5) is 0 Å². The van der Waals surface area contributed by atoms with Crippen LogP contribution >= 0.6 is 0 Å². The molecule has 0 saturated carbocycles.